The number of nitrogens with zero attached hydrogens (tertiary/aromatic N) is 2. The van der Waals surface area contributed by atoms with Crippen LogP contribution in [0.3, 0.4) is 0 Å². The van der Waals surface area contributed by atoms with E-state index in [1.807, 2.05) is 13.8 Å². The Hall–Kier alpha value is -2.02. The van der Waals surface area contributed by atoms with Gasteiger partial charge in [-0.05, 0) is 54.4 Å². The van der Waals surface area contributed by atoms with Crippen molar-refractivity contribution < 1.29 is 12.6 Å². The van der Waals surface area contributed by atoms with Crippen molar-refractivity contribution in [3.05, 3.63) is 70.3 Å². The summed E-state index contributed by atoms with van der Waals surface area (Å²) in [5.74, 6) is 0.204. The number of rotatable bonds is 5. The molecule has 1 heterocycles. The molecule has 0 N–H and O–H groups in total. The quantitative estimate of drug-likeness (QED) is 0.550. The summed E-state index contributed by atoms with van der Waals surface area (Å²) in [7, 11) is -4.03. The lowest BCUT2D eigenvalue weighted by molar-refractivity contribution is 0.465. The summed E-state index contributed by atoms with van der Waals surface area (Å²) < 4.78 is 32.0. The molecule has 136 valence electrons. The minimum atomic E-state index is -4.03. The Morgan fingerprint density at radius 3 is 2.04 bits per heavy atom. The van der Waals surface area contributed by atoms with Gasteiger partial charge in [0.05, 0.1) is 11.4 Å². The molecule has 0 spiro atoms. The second-order valence-corrected chi connectivity index (χ2v) is 8.36. The van der Waals surface area contributed by atoms with Gasteiger partial charge in [-0.2, -0.15) is 18.2 Å². The van der Waals surface area contributed by atoms with E-state index in [1.54, 1.807) is 30.3 Å². The minimum absolute atomic E-state index is 0.0110. The zero-order chi connectivity index (χ0) is 18.9. The molecule has 0 fully saturated rings. The third kappa shape index (κ3) is 4.03. The van der Waals surface area contributed by atoms with Crippen molar-refractivity contribution in [2.75, 3.05) is 0 Å². The van der Waals surface area contributed by atoms with Crippen LogP contribution >= 0.6 is 23.2 Å². The van der Waals surface area contributed by atoms with Crippen LogP contribution in [0.25, 0.3) is 5.69 Å². The van der Waals surface area contributed by atoms with Crippen LogP contribution in [0.15, 0.2) is 59.5 Å². The number of hydrogen-bond donors (Lipinski definition) is 0. The van der Waals surface area contributed by atoms with Crippen LogP contribution in [0.4, 0.5) is 0 Å². The van der Waals surface area contributed by atoms with Gasteiger partial charge in [0.2, 0.25) is 5.88 Å². The molecule has 2 aromatic carbocycles. The van der Waals surface area contributed by atoms with Gasteiger partial charge >= 0.3 is 10.1 Å². The van der Waals surface area contributed by atoms with Gasteiger partial charge in [-0.1, -0.05) is 37.0 Å². The average molecular weight is 411 g/mol. The van der Waals surface area contributed by atoms with E-state index in [1.165, 1.54) is 28.9 Å². The molecule has 26 heavy (non-hydrogen) atoms. The summed E-state index contributed by atoms with van der Waals surface area (Å²) in [5, 5.41) is 5.48. The summed E-state index contributed by atoms with van der Waals surface area (Å²) in [6, 6.07) is 14.3. The van der Waals surface area contributed by atoms with Crippen LogP contribution in [0.1, 0.15) is 25.5 Å². The zero-order valence-electron chi connectivity index (χ0n) is 14.1. The highest BCUT2D eigenvalue weighted by molar-refractivity contribution is 7.87. The van der Waals surface area contributed by atoms with Gasteiger partial charge in [0.15, 0.2) is 0 Å². The lowest BCUT2D eigenvalue weighted by Crippen LogP contribution is -2.12. The van der Waals surface area contributed by atoms with Crippen molar-refractivity contribution in [3.63, 3.8) is 0 Å². The number of hydrogen-bond acceptors (Lipinski definition) is 4. The Kier molecular flexibility index (Phi) is 5.27. The maximum absolute atomic E-state index is 12.6. The number of halogens is 2. The summed E-state index contributed by atoms with van der Waals surface area (Å²) in [6.45, 7) is 3.93. The topological polar surface area (TPSA) is 61.2 Å². The lowest BCUT2D eigenvalue weighted by Gasteiger charge is -2.09. The molecule has 0 aliphatic rings. The van der Waals surface area contributed by atoms with Crippen LogP contribution in [-0.4, -0.2) is 18.2 Å². The van der Waals surface area contributed by atoms with Crippen LogP contribution in [0, 0.1) is 0 Å². The minimum Gasteiger partial charge on any atom is -0.358 e. The fraction of sp³-hybridized carbons (Fsp3) is 0.167. The molecule has 0 bridgehead atoms. The Morgan fingerprint density at radius 2 is 1.50 bits per heavy atom. The third-order valence-electron chi connectivity index (χ3n) is 3.66. The van der Waals surface area contributed by atoms with E-state index in [4.69, 9.17) is 27.4 Å². The molecule has 3 rings (SSSR count). The normalized spacial score (nSPS) is 11.7. The fourth-order valence-electron chi connectivity index (χ4n) is 2.25. The van der Waals surface area contributed by atoms with E-state index in [9.17, 15) is 8.42 Å². The predicted octanol–water partition coefficient (Wildman–Crippen LogP) is 5.07. The van der Waals surface area contributed by atoms with Gasteiger partial charge in [-0.3, -0.25) is 0 Å². The van der Waals surface area contributed by atoms with Gasteiger partial charge < -0.3 is 4.18 Å². The van der Waals surface area contributed by atoms with Crippen LogP contribution in [-0.2, 0) is 10.1 Å². The van der Waals surface area contributed by atoms with E-state index in [2.05, 4.69) is 5.10 Å². The van der Waals surface area contributed by atoms with E-state index in [0.29, 0.717) is 21.4 Å². The Morgan fingerprint density at radius 1 is 0.962 bits per heavy atom. The summed E-state index contributed by atoms with van der Waals surface area (Å²) in [4.78, 5) is 0.0110. The molecular weight excluding hydrogens is 395 g/mol. The van der Waals surface area contributed by atoms with Crippen molar-refractivity contribution >= 4 is 33.3 Å². The van der Waals surface area contributed by atoms with Crippen molar-refractivity contribution in [1.29, 1.82) is 0 Å². The summed E-state index contributed by atoms with van der Waals surface area (Å²) in [5.41, 5.74) is 1.35. The first-order chi connectivity index (χ1) is 12.3. The molecule has 3 aromatic rings. The zero-order valence-corrected chi connectivity index (χ0v) is 16.4. The SMILES string of the molecule is CC(C)c1cc(OS(=O)(=O)c2ccc(Cl)cc2)n(-c2ccc(Cl)cc2)n1. The van der Waals surface area contributed by atoms with Crippen molar-refractivity contribution in [3.8, 4) is 11.6 Å². The van der Waals surface area contributed by atoms with Crippen LogP contribution < -0.4 is 4.18 Å². The predicted molar refractivity (Wildman–Crippen MR) is 102 cm³/mol. The molecule has 0 aliphatic carbocycles. The Bertz CT molecular complexity index is 1010. The Labute approximate surface area is 162 Å². The molecule has 0 saturated heterocycles. The molecule has 5 nitrogen and oxygen atoms in total. The highest BCUT2D eigenvalue weighted by atomic mass is 35.5. The molecule has 0 aliphatic heterocycles. The van der Waals surface area contributed by atoms with E-state index >= 15 is 0 Å². The van der Waals surface area contributed by atoms with Gasteiger partial charge in [-0.15, -0.1) is 0 Å². The van der Waals surface area contributed by atoms with Crippen molar-refractivity contribution in [1.82, 2.24) is 9.78 Å². The molecule has 8 heteroatoms. The van der Waals surface area contributed by atoms with Crippen LogP contribution in [0.5, 0.6) is 5.88 Å². The first-order valence-corrected chi connectivity index (χ1v) is 9.98. The molecule has 0 amide bonds. The first-order valence-electron chi connectivity index (χ1n) is 7.82. The second-order valence-electron chi connectivity index (χ2n) is 5.94. The maximum Gasteiger partial charge on any atom is 0.340 e. The van der Waals surface area contributed by atoms with Gasteiger partial charge in [-0.25, -0.2) is 0 Å². The van der Waals surface area contributed by atoms with Crippen molar-refractivity contribution in [2.24, 2.45) is 0 Å². The maximum atomic E-state index is 12.6. The summed E-state index contributed by atoms with van der Waals surface area (Å²) in [6.07, 6.45) is 0. The third-order valence-corrected chi connectivity index (χ3v) is 5.40. The number of benzene rings is 2. The largest absolute Gasteiger partial charge is 0.358 e. The highest BCUT2D eigenvalue weighted by Gasteiger charge is 2.22. The highest BCUT2D eigenvalue weighted by Crippen LogP contribution is 2.27. The molecule has 0 radical (unpaired) electrons. The first kappa shape index (κ1) is 18.8. The smallest absolute Gasteiger partial charge is 0.340 e. The molecule has 0 atom stereocenters. The van der Waals surface area contributed by atoms with E-state index in [-0.39, 0.29) is 16.7 Å². The summed E-state index contributed by atoms with van der Waals surface area (Å²) >= 11 is 11.7. The number of aromatic nitrogens is 2. The van der Waals surface area contributed by atoms with Gasteiger partial charge in [0.1, 0.15) is 4.90 Å². The molecule has 1 aromatic heterocycles. The fourth-order valence-corrected chi connectivity index (χ4v) is 3.41. The monoisotopic (exact) mass is 410 g/mol. The van der Waals surface area contributed by atoms with Crippen molar-refractivity contribution in [2.45, 2.75) is 24.7 Å². The van der Waals surface area contributed by atoms with Gasteiger partial charge in [0, 0.05) is 16.1 Å². The lowest BCUT2D eigenvalue weighted by atomic mass is 10.1. The average Bonchev–Trinajstić information content (AvgIpc) is 2.99. The molecular formula is C18H16Cl2N2O3S. The standard InChI is InChI=1S/C18H16Cl2N2O3S/c1-12(2)17-11-18(22(21-17)15-7-3-13(19)4-8-15)25-26(23,24)16-9-5-14(20)6-10-16/h3-12H,1-2H3. The van der Waals surface area contributed by atoms with E-state index in [0.717, 1.165) is 0 Å². The Balaban J connectivity index is 2.03. The van der Waals surface area contributed by atoms with E-state index < -0.39 is 10.1 Å². The molecule has 0 saturated carbocycles. The molecule has 0 unspecified atom stereocenters. The second kappa shape index (κ2) is 7.31. The van der Waals surface area contributed by atoms with Crippen LogP contribution in [0.2, 0.25) is 10.0 Å². The van der Waals surface area contributed by atoms with Gasteiger partial charge in [0.25, 0.3) is 0 Å².